The van der Waals surface area contributed by atoms with Crippen molar-refractivity contribution in [2.45, 2.75) is 39.3 Å². The molecule has 1 aromatic heterocycles. The number of hydrogen-bond acceptors (Lipinski definition) is 5. The normalized spacial score (nSPS) is 16.1. The number of pyridine rings is 1. The molecule has 3 rings (SSSR count). The molecule has 1 unspecified atom stereocenters. The lowest BCUT2D eigenvalue weighted by atomic mass is 10.00. The average molecular weight is 394 g/mol. The van der Waals surface area contributed by atoms with E-state index in [1.165, 1.54) is 11.8 Å². The van der Waals surface area contributed by atoms with Crippen LogP contribution in [0.2, 0.25) is 0 Å². The first-order chi connectivity index (χ1) is 13.9. The van der Waals surface area contributed by atoms with Gasteiger partial charge in [-0.2, -0.15) is 0 Å². The molecule has 1 aromatic carbocycles. The van der Waals surface area contributed by atoms with Gasteiger partial charge >= 0.3 is 0 Å². The van der Waals surface area contributed by atoms with E-state index in [0.717, 1.165) is 22.4 Å². The molecule has 150 valence electrons. The zero-order valence-electron chi connectivity index (χ0n) is 16.3. The molecular formula is C21H22N4O4. The predicted molar refractivity (Wildman–Crippen MR) is 106 cm³/mol. The van der Waals surface area contributed by atoms with E-state index in [4.69, 9.17) is 0 Å². The largest absolute Gasteiger partial charge is 0.329 e. The predicted octanol–water partition coefficient (Wildman–Crippen LogP) is 1.78. The lowest BCUT2D eigenvalue weighted by molar-refractivity contribution is -0.141. The Hall–Kier alpha value is -3.55. The van der Waals surface area contributed by atoms with Crippen LogP contribution in [0.15, 0.2) is 36.5 Å². The summed E-state index contributed by atoms with van der Waals surface area (Å²) >= 11 is 0. The van der Waals surface area contributed by atoms with Crippen LogP contribution in [0.1, 0.15) is 30.9 Å². The number of anilines is 1. The van der Waals surface area contributed by atoms with Crippen molar-refractivity contribution in [3.8, 4) is 11.3 Å². The van der Waals surface area contributed by atoms with Gasteiger partial charge < -0.3 is 10.2 Å². The topological polar surface area (TPSA) is 108 Å². The fourth-order valence-corrected chi connectivity index (χ4v) is 3.26. The van der Waals surface area contributed by atoms with Gasteiger partial charge in [0.1, 0.15) is 6.04 Å². The third kappa shape index (κ3) is 4.84. The second kappa shape index (κ2) is 8.64. The SMILES string of the molecule is CC(=O)Nc1ccc(-c2ccc(C)c(CN(C=O)C3CCC(=O)NC3=O)c2)nc1. The first kappa shape index (κ1) is 20.2. The Kier molecular flexibility index (Phi) is 6.01. The summed E-state index contributed by atoms with van der Waals surface area (Å²) in [6.45, 7) is 3.61. The molecule has 1 aliphatic rings. The molecule has 2 N–H and O–H groups in total. The molecule has 0 spiro atoms. The Balaban J connectivity index is 1.81. The van der Waals surface area contributed by atoms with E-state index in [9.17, 15) is 19.2 Å². The summed E-state index contributed by atoms with van der Waals surface area (Å²) in [7, 11) is 0. The van der Waals surface area contributed by atoms with E-state index in [-0.39, 0.29) is 24.8 Å². The molecule has 0 radical (unpaired) electrons. The van der Waals surface area contributed by atoms with Gasteiger partial charge in [0.2, 0.25) is 24.1 Å². The number of amides is 4. The Labute approximate surface area is 168 Å². The van der Waals surface area contributed by atoms with Crippen LogP contribution in [0.4, 0.5) is 5.69 Å². The van der Waals surface area contributed by atoms with Gasteiger partial charge in [-0.3, -0.25) is 29.5 Å². The van der Waals surface area contributed by atoms with Crippen molar-refractivity contribution >= 4 is 29.8 Å². The van der Waals surface area contributed by atoms with Crippen molar-refractivity contribution in [1.82, 2.24) is 15.2 Å². The molecule has 8 heteroatoms. The minimum atomic E-state index is -0.664. The highest BCUT2D eigenvalue weighted by Crippen LogP contribution is 2.24. The number of carbonyl (C=O) groups excluding carboxylic acids is 4. The van der Waals surface area contributed by atoms with Crippen LogP contribution < -0.4 is 10.6 Å². The van der Waals surface area contributed by atoms with Crippen molar-refractivity contribution in [3.05, 3.63) is 47.7 Å². The molecule has 1 atom stereocenters. The van der Waals surface area contributed by atoms with Crippen LogP contribution in [-0.2, 0) is 25.7 Å². The first-order valence-corrected chi connectivity index (χ1v) is 9.25. The standard InChI is InChI=1S/C21H22N4O4/c1-13-3-4-15(18-6-5-17(10-22-18)23-14(2)27)9-16(13)11-25(12-26)19-7-8-20(28)24-21(19)29/h3-6,9-10,12,19H,7-8,11H2,1-2H3,(H,23,27)(H,24,28,29). The van der Waals surface area contributed by atoms with Gasteiger partial charge in [0, 0.05) is 25.5 Å². The van der Waals surface area contributed by atoms with Crippen molar-refractivity contribution in [3.63, 3.8) is 0 Å². The Morgan fingerprint density at radius 1 is 1.31 bits per heavy atom. The summed E-state index contributed by atoms with van der Waals surface area (Å²) in [6.07, 6.45) is 2.75. The summed E-state index contributed by atoms with van der Waals surface area (Å²) in [5, 5.41) is 4.95. The summed E-state index contributed by atoms with van der Waals surface area (Å²) < 4.78 is 0. The molecule has 0 aliphatic carbocycles. The molecule has 4 amide bonds. The van der Waals surface area contributed by atoms with Crippen molar-refractivity contribution in [2.75, 3.05) is 5.32 Å². The third-order valence-electron chi connectivity index (χ3n) is 4.83. The molecule has 8 nitrogen and oxygen atoms in total. The van der Waals surface area contributed by atoms with Crippen LogP contribution in [0.5, 0.6) is 0 Å². The number of benzene rings is 1. The molecule has 1 fully saturated rings. The maximum atomic E-state index is 12.1. The lowest BCUT2D eigenvalue weighted by Gasteiger charge is -2.30. The minimum Gasteiger partial charge on any atom is -0.329 e. The van der Waals surface area contributed by atoms with Gasteiger partial charge in [0.05, 0.1) is 17.6 Å². The smallest absolute Gasteiger partial charge is 0.249 e. The molecule has 2 aromatic rings. The van der Waals surface area contributed by atoms with E-state index in [1.807, 2.05) is 25.1 Å². The highest BCUT2D eigenvalue weighted by atomic mass is 16.2. The minimum absolute atomic E-state index is 0.167. The number of rotatable bonds is 6. The van der Waals surface area contributed by atoms with Gasteiger partial charge in [-0.15, -0.1) is 0 Å². The maximum Gasteiger partial charge on any atom is 0.249 e. The molecule has 0 bridgehead atoms. The highest BCUT2D eigenvalue weighted by Gasteiger charge is 2.31. The molecule has 2 heterocycles. The zero-order chi connectivity index (χ0) is 21.0. The van der Waals surface area contributed by atoms with Crippen LogP contribution >= 0.6 is 0 Å². The van der Waals surface area contributed by atoms with Crippen LogP contribution in [0.3, 0.4) is 0 Å². The van der Waals surface area contributed by atoms with Crippen LogP contribution in [-0.4, -0.2) is 40.1 Å². The molecule has 29 heavy (non-hydrogen) atoms. The zero-order valence-corrected chi connectivity index (χ0v) is 16.3. The maximum absolute atomic E-state index is 12.1. The molecule has 1 saturated heterocycles. The number of carbonyl (C=O) groups is 4. The first-order valence-electron chi connectivity index (χ1n) is 9.25. The Morgan fingerprint density at radius 3 is 2.72 bits per heavy atom. The summed E-state index contributed by atoms with van der Waals surface area (Å²) in [5.41, 5.74) is 4.04. The van der Waals surface area contributed by atoms with E-state index in [1.54, 1.807) is 18.3 Å². The van der Waals surface area contributed by atoms with Gasteiger partial charge in [0.25, 0.3) is 0 Å². The monoisotopic (exact) mass is 394 g/mol. The number of piperidine rings is 1. The van der Waals surface area contributed by atoms with Gasteiger partial charge in [-0.1, -0.05) is 12.1 Å². The number of aromatic nitrogens is 1. The van der Waals surface area contributed by atoms with Crippen LogP contribution in [0.25, 0.3) is 11.3 Å². The molecule has 1 aliphatic heterocycles. The third-order valence-corrected chi connectivity index (χ3v) is 4.83. The fraction of sp³-hybridized carbons (Fsp3) is 0.286. The van der Waals surface area contributed by atoms with Gasteiger partial charge in [-0.25, -0.2) is 0 Å². The second-order valence-corrected chi connectivity index (χ2v) is 7.00. The molecule has 0 saturated carbocycles. The van der Waals surface area contributed by atoms with E-state index in [2.05, 4.69) is 15.6 Å². The average Bonchev–Trinajstić information content (AvgIpc) is 2.68. The fourth-order valence-electron chi connectivity index (χ4n) is 3.26. The van der Waals surface area contributed by atoms with E-state index < -0.39 is 11.9 Å². The number of imide groups is 1. The highest BCUT2D eigenvalue weighted by molar-refractivity contribution is 6.00. The van der Waals surface area contributed by atoms with Gasteiger partial charge in [-0.05, 0) is 42.7 Å². The number of nitrogens with one attached hydrogen (secondary N) is 2. The number of hydrogen-bond donors (Lipinski definition) is 2. The number of nitrogens with zero attached hydrogens (tertiary/aromatic N) is 2. The van der Waals surface area contributed by atoms with E-state index in [0.29, 0.717) is 18.5 Å². The quantitative estimate of drug-likeness (QED) is 0.573. The van der Waals surface area contributed by atoms with Gasteiger partial charge in [0.15, 0.2) is 0 Å². The van der Waals surface area contributed by atoms with Crippen molar-refractivity contribution < 1.29 is 19.2 Å². The van der Waals surface area contributed by atoms with Crippen molar-refractivity contribution in [2.24, 2.45) is 0 Å². The summed E-state index contributed by atoms with van der Waals surface area (Å²) in [6, 6.07) is 8.70. The van der Waals surface area contributed by atoms with Crippen LogP contribution in [0, 0.1) is 6.92 Å². The van der Waals surface area contributed by atoms with Crippen molar-refractivity contribution in [1.29, 1.82) is 0 Å². The summed E-state index contributed by atoms with van der Waals surface area (Å²) in [4.78, 5) is 52.0. The number of aryl methyl sites for hydroxylation is 1. The van der Waals surface area contributed by atoms with E-state index >= 15 is 0 Å². The second-order valence-electron chi connectivity index (χ2n) is 7.00. The molecular weight excluding hydrogens is 372 g/mol. The Bertz CT molecular complexity index is 956. The Morgan fingerprint density at radius 2 is 2.10 bits per heavy atom. The lowest BCUT2D eigenvalue weighted by Crippen LogP contribution is -2.51. The summed E-state index contributed by atoms with van der Waals surface area (Å²) in [5.74, 6) is -0.930.